The van der Waals surface area contributed by atoms with E-state index in [4.69, 9.17) is 9.47 Å². The maximum atomic E-state index is 12.6. The van der Waals surface area contributed by atoms with Crippen molar-refractivity contribution in [3.8, 4) is 11.5 Å². The molecule has 3 aromatic rings. The van der Waals surface area contributed by atoms with Crippen molar-refractivity contribution in [2.45, 2.75) is 19.7 Å². The molecular formula is C23H21N2O4-. The number of ether oxygens (including phenoxy) is 2. The van der Waals surface area contributed by atoms with E-state index in [0.29, 0.717) is 27.6 Å². The van der Waals surface area contributed by atoms with Gasteiger partial charge >= 0.3 is 0 Å². The van der Waals surface area contributed by atoms with Crippen molar-refractivity contribution in [2.24, 2.45) is 0 Å². The summed E-state index contributed by atoms with van der Waals surface area (Å²) < 4.78 is 11.4. The van der Waals surface area contributed by atoms with Gasteiger partial charge in [-0.05, 0) is 48.4 Å². The number of nitrogens with zero attached hydrogens (tertiary/aromatic N) is 1. The molecule has 1 unspecified atom stereocenters. The van der Waals surface area contributed by atoms with Crippen LogP contribution in [0.1, 0.15) is 33.2 Å². The number of aryl methyl sites for hydroxylation is 1. The molecule has 0 saturated carbocycles. The molecule has 0 saturated heterocycles. The van der Waals surface area contributed by atoms with Gasteiger partial charge in [0.05, 0.1) is 12.7 Å². The third kappa shape index (κ3) is 3.62. The maximum Gasteiger partial charge on any atom is 0.247 e. The molecule has 0 bridgehead atoms. The van der Waals surface area contributed by atoms with E-state index in [-0.39, 0.29) is 6.61 Å². The lowest BCUT2D eigenvalue weighted by Crippen LogP contribution is -2.39. The van der Waals surface area contributed by atoms with Crippen LogP contribution in [0.2, 0.25) is 0 Å². The predicted octanol–water partition coefficient (Wildman–Crippen LogP) is 4.65. The fourth-order valence-corrected chi connectivity index (χ4v) is 3.41. The first-order chi connectivity index (χ1) is 14.1. The first-order valence-corrected chi connectivity index (χ1v) is 9.30. The number of carbonyl (C=O) groups is 1. The molecule has 6 heteroatoms. The van der Waals surface area contributed by atoms with Crippen LogP contribution in [0.4, 0.5) is 5.69 Å². The summed E-state index contributed by atoms with van der Waals surface area (Å²) in [6, 6.07) is 20.1. The Kier molecular flexibility index (Phi) is 5.10. The molecule has 1 aliphatic rings. The van der Waals surface area contributed by atoms with E-state index in [1.807, 2.05) is 43.3 Å². The molecule has 6 nitrogen and oxygen atoms in total. The zero-order valence-corrected chi connectivity index (χ0v) is 16.2. The Labute approximate surface area is 169 Å². The standard InChI is InChI=1S/C23H21N2O4/c1-15-7-3-6-10-20(15)29-14-17-13-16(11-12-21(17)28-2)22-24-19-9-5-4-8-18(19)23(26)25(22)27/h3-13,22,24H,14H2,1-2H3/q-1. The van der Waals surface area contributed by atoms with Gasteiger partial charge in [0.2, 0.25) is 5.91 Å². The normalized spacial score (nSPS) is 15.5. The van der Waals surface area contributed by atoms with E-state index in [1.165, 1.54) is 0 Å². The van der Waals surface area contributed by atoms with Gasteiger partial charge in [-0.15, -0.1) is 0 Å². The molecule has 1 atom stereocenters. The van der Waals surface area contributed by atoms with Gasteiger partial charge in [0.15, 0.2) is 0 Å². The number of hydrogen-bond donors (Lipinski definition) is 1. The summed E-state index contributed by atoms with van der Waals surface area (Å²) in [7, 11) is 1.59. The topological polar surface area (TPSA) is 73.9 Å². The fraction of sp³-hybridized carbons (Fsp3) is 0.174. The summed E-state index contributed by atoms with van der Waals surface area (Å²) in [6.45, 7) is 2.26. The molecule has 1 aliphatic heterocycles. The van der Waals surface area contributed by atoms with Crippen LogP contribution in [0.25, 0.3) is 0 Å². The summed E-state index contributed by atoms with van der Waals surface area (Å²) in [6.07, 6.45) is -0.819. The highest BCUT2D eigenvalue weighted by atomic mass is 16.5. The second-order valence-electron chi connectivity index (χ2n) is 6.85. The highest BCUT2D eigenvalue weighted by Crippen LogP contribution is 2.34. The summed E-state index contributed by atoms with van der Waals surface area (Å²) in [5.74, 6) is 0.880. The Morgan fingerprint density at radius 1 is 1.03 bits per heavy atom. The Hall–Kier alpha value is -3.51. The third-order valence-corrected chi connectivity index (χ3v) is 4.98. The molecule has 1 heterocycles. The number of rotatable bonds is 5. The number of amides is 1. The van der Waals surface area contributed by atoms with Crippen LogP contribution in [0.5, 0.6) is 11.5 Å². The number of benzene rings is 3. The Morgan fingerprint density at radius 3 is 2.59 bits per heavy atom. The largest absolute Gasteiger partial charge is 0.754 e. The number of anilines is 1. The van der Waals surface area contributed by atoms with Crippen molar-refractivity contribution in [3.63, 3.8) is 0 Å². The highest BCUT2D eigenvalue weighted by molar-refractivity contribution is 6.01. The molecule has 0 spiro atoms. The molecule has 1 N–H and O–H groups in total. The summed E-state index contributed by atoms with van der Waals surface area (Å²) in [4.78, 5) is 12.5. The Balaban J connectivity index is 1.63. The number of hydroxylamine groups is 2. The molecule has 1 amide bonds. The van der Waals surface area contributed by atoms with E-state index < -0.39 is 12.1 Å². The van der Waals surface area contributed by atoms with E-state index in [2.05, 4.69) is 5.32 Å². The molecule has 0 aliphatic carbocycles. The number of methoxy groups -OCH3 is 1. The minimum atomic E-state index is -0.819. The van der Waals surface area contributed by atoms with Crippen molar-refractivity contribution in [2.75, 3.05) is 12.4 Å². The second-order valence-corrected chi connectivity index (χ2v) is 6.85. The fourth-order valence-electron chi connectivity index (χ4n) is 3.41. The average molecular weight is 389 g/mol. The minimum Gasteiger partial charge on any atom is -0.754 e. The van der Waals surface area contributed by atoms with Crippen molar-refractivity contribution >= 4 is 11.6 Å². The highest BCUT2D eigenvalue weighted by Gasteiger charge is 2.27. The first-order valence-electron chi connectivity index (χ1n) is 9.30. The molecule has 4 rings (SSSR count). The minimum absolute atomic E-state index is 0.276. The number of carbonyl (C=O) groups excluding carboxylic acids is 1. The third-order valence-electron chi connectivity index (χ3n) is 4.98. The van der Waals surface area contributed by atoms with Gasteiger partial charge in [-0.25, -0.2) is 0 Å². The van der Waals surface area contributed by atoms with Gasteiger partial charge in [-0.3, -0.25) is 4.79 Å². The molecular weight excluding hydrogens is 368 g/mol. The quantitative estimate of drug-likeness (QED) is 0.688. The van der Waals surface area contributed by atoms with E-state index >= 15 is 0 Å². The zero-order chi connectivity index (χ0) is 20.4. The predicted molar refractivity (Wildman–Crippen MR) is 111 cm³/mol. The van der Waals surface area contributed by atoms with Crippen LogP contribution >= 0.6 is 0 Å². The second kappa shape index (κ2) is 7.85. The lowest BCUT2D eigenvalue weighted by Gasteiger charge is -2.42. The summed E-state index contributed by atoms with van der Waals surface area (Å²) in [5, 5.41) is 16.2. The van der Waals surface area contributed by atoms with E-state index in [9.17, 15) is 10.0 Å². The Morgan fingerprint density at radius 2 is 1.79 bits per heavy atom. The number of para-hydroxylation sites is 2. The lowest BCUT2D eigenvalue weighted by molar-refractivity contribution is 0.0771. The smallest absolute Gasteiger partial charge is 0.247 e. The number of nitrogens with one attached hydrogen (secondary N) is 1. The summed E-state index contributed by atoms with van der Waals surface area (Å²) >= 11 is 0. The van der Waals surface area contributed by atoms with Crippen molar-refractivity contribution in [1.29, 1.82) is 0 Å². The lowest BCUT2D eigenvalue weighted by atomic mass is 10.0. The number of hydrogen-bond acceptors (Lipinski definition) is 5. The van der Waals surface area contributed by atoms with Crippen LogP contribution in [0.3, 0.4) is 0 Å². The SMILES string of the molecule is COc1ccc(C2Nc3ccccc3C(=O)N2[O-])cc1COc1ccccc1C. The molecule has 148 valence electrons. The van der Waals surface area contributed by atoms with Crippen LogP contribution in [0, 0.1) is 12.1 Å². The molecule has 0 radical (unpaired) electrons. The monoisotopic (exact) mass is 389 g/mol. The first kappa shape index (κ1) is 18.8. The molecule has 0 aromatic heterocycles. The van der Waals surface area contributed by atoms with Gasteiger partial charge in [-0.1, -0.05) is 36.4 Å². The van der Waals surface area contributed by atoms with Crippen LogP contribution in [-0.2, 0) is 6.61 Å². The van der Waals surface area contributed by atoms with Crippen LogP contribution < -0.4 is 14.8 Å². The van der Waals surface area contributed by atoms with E-state index in [0.717, 1.165) is 16.9 Å². The van der Waals surface area contributed by atoms with Crippen molar-refractivity contribution < 1.29 is 14.3 Å². The van der Waals surface area contributed by atoms with E-state index in [1.54, 1.807) is 37.4 Å². The molecule has 29 heavy (non-hydrogen) atoms. The number of fused-ring (bicyclic) bond motifs is 1. The van der Waals surface area contributed by atoms with Gasteiger partial charge in [0.1, 0.15) is 24.3 Å². The van der Waals surface area contributed by atoms with Gasteiger partial charge in [0.25, 0.3) is 0 Å². The average Bonchev–Trinajstić information content (AvgIpc) is 2.75. The van der Waals surface area contributed by atoms with Crippen molar-refractivity contribution in [1.82, 2.24) is 5.06 Å². The van der Waals surface area contributed by atoms with Gasteiger partial charge < -0.3 is 25.1 Å². The van der Waals surface area contributed by atoms with Crippen LogP contribution in [-0.4, -0.2) is 18.1 Å². The molecule has 0 fully saturated rings. The van der Waals surface area contributed by atoms with Gasteiger partial charge in [0, 0.05) is 11.3 Å². The molecule has 3 aromatic carbocycles. The van der Waals surface area contributed by atoms with Crippen molar-refractivity contribution in [3.05, 3.63) is 94.2 Å². The zero-order valence-electron chi connectivity index (χ0n) is 16.2. The summed E-state index contributed by atoms with van der Waals surface area (Å²) in [5.41, 5.74) is 3.49. The maximum absolute atomic E-state index is 12.6. The van der Waals surface area contributed by atoms with Crippen LogP contribution in [0.15, 0.2) is 66.7 Å². The Bertz CT molecular complexity index is 1050. The van der Waals surface area contributed by atoms with Gasteiger partial charge in [-0.2, -0.15) is 0 Å².